The summed E-state index contributed by atoms with van der Waals surface area (Å²) in [5, 5.41) is 13.3. The second-order valence-electron chi connectivity index (χ2n) is 6.10. The standard InChI is InChI=1S/C17H20ClN3O3/c1-11(2)8-21(10-12-7-19-20(3)9-12)16(22)14-5-4-13(17(23)24)6-15(14)18/h4-7,9,11H,8,10H2,1-3H3,(H,23,24). The maximum absolute atomic E-state index is 12.9. The van der Waals surface area contributed by atoms with E-state index in [0.717, 1.165) is 5.56 Å². The van der Waals surface area contributed by atoms with Crippen LogP contribution in [0.15, 0.2) is 30.6 Å². The van der Waals surface area contributed by atoms with Gasteiger partial charge in [0.05, 0.1) is 22.3 Å². The van der Waals surface area contributed by atoms with Gasteiger partial charge in [0.25, 0.3) is 5.91 Å². The van der Waals surface area contributed by atoms with Gasteiger partial charge in [0.15, 0.2) is 0 Å². The summed E-state index contributed by atoms with van der Waals surface area (Å²) >= 11 is 6.13. The smallest absolute Gasteiger partial charge is 0.335 e. The van der Waals surface area contributed by atoms with Gasteiger partial charge in [0, 0.05) is 31.9 Å². The number of carbonyl (C=O) groups is 2. The molecule has 24 heavy (non-hydrogen) atoms. The Morgan fingerprint density at radius 3 is 2.58 bits per heavy atom. The molecule has 0 fully saturated rings. The molecule has 6 nitrogen and oxygen atoms in total. The number of carbonyl (C=O) groups excluding carboxylic acids is 1. The summed E-state index contributed by atoms with van der Waals surface area (Å²) in [4.78, 5) is 25.6. The average molecular weight is 350 g/mol. The van der Waals surface area contributed by atoms with Crippen molar-refractivity contribution in [3.8, 4) is 0 Å². The van der Waals surface area contributed by atoms with E-state index in [2.05, 4.69) is 5.10 Å². The number of halogens is 1. The SMILES string of the molecule is CC(C)CN(Cc1cnn(C)c1)C(=O)c1ccc(C(=O)O)cc1Cl. The van der Waals surface area contributed by atoms with Crippen LogP contribution in [0.3, 0.4) is 0 Å². The third kappa shape index (κ3) is 4.35. The van der Waals surface area contributed by atoms with Crippen molar-refractivity contribution in [1.82, 2.24) is 14.7 Å². The molecule has 0 radical (unpaired) electrons. The minimum atomic E-state index is -1.08. The second-order valence-corrected chi connectivity index (χ2v) is 6.51. The highest BCUT2D eigenvalue weighted by Crippen LogP contribution is 2.21. The van der Waals surface area contributed by atoms with Crippen LogP contribution in [0.1, 0.15) is 40.1 Å². The van der Waals surface area contributed by atoms with E-state index in [1.54, 1.807) is 15.8 Å². The lowest BCUT2D eigenvalue weighted by molar-refractivity contribution is 0.0691. The van der Waals surface area contributed by atoms with E-state index in [9.17, 15) is 9.59 Å². The highest BCUT2D eigenvalue weighted by atomic mass is 35.5. The number of carboxylic acid groups (broad SMARTS) is 1. The summed E-state index contributed by atoms with van der Waals surface area (Å²) in [7, 11) is 1.82. The number of nitrogens with zero attached hydrogens (tertiary/aromatic N) is 3. The molecule has 128 valence electrons. The molecule has 0 bridgehead atoms. The van der Waals surface area contributed by atoms with Crippen LogP contribution >= 0.6 is 11.6 Å². The summed E-state index contributed by atoms with van der Waals surface area (Å²) in [6.07, 6.45) is 3.57. The molecular weight excluding hydrogens is 330 g/mol. The van der Waals surface area contributed by atoms with Crippen molar-refractivity contribution in [2.45, 2.75) is 20.4 Å². The van der Waals surface area contributed by atoms with Crippen LogP contribution in [0.2, 0.25) is 5.02 Å². The number of aromatic nitrogens is 2. The monoisotopic (exact) mass is 349 g/mol. The number of rotatable bonds is 6. The van der Waals surface area contributed by atoms with E-state index in [1.807, 2.05) is 27.1 Å². The Labute approximate surface area is 145 Å². The lowest BCUT2D eigenvalue weighted by Crippen LogP contribution is -2.34. The average Bonchev–Trinajstić information content (AvgIpc) is 2.90. The fourth-order valence-electron chi connectivity index (χ4n) is 2.43. The van der Waals surface area contributed by atoms with E-state index in [4.69, 9.17) is 16.7 Å². The largest absolute Gasteiger partial charge is 0.478 e. The van der Waals surface area contributed by atoms with Crippen LogP contribution in [-0.2, 0) is 13.6 Å². The van der Waals surface area contributed by atoms with Gasteiger partial charge in [-0.15, -0.1) is 0 Å². The Balaban J connectivity index is 2.28. The van der Waals surface area contributed by atoms with Gasteiger partial charge in [-0.05, 0) is 24.1 Å². The van der Waals surface area contributed by atoms with E-state index >= 15 is 0 Å². The first-order valence-corrected chi connectivity index (χ1v) is 7.95. The fourth-order valence-corrected chi connectivity index (χ4v) is 2.69. The Kier molecular flexibility index (Phi) is 5.62. The number of aryl methyl sites for hydroxylation is 1. The summed E-state index contributed by atoms with van der Waals surface area (Å²) in [6.45, 7) is 5.03. The molecular formula is C17H20ClN3O3. The maximum atomic E-state index is 12.9. The van der Waals surface area contributed by atoms with E-state index in [0.29, 0.717) is 18.7 Å². The molecule has 0 saturated heterocycles. The molecule has 1 aromatic carbocycles. The first kappa shape index (κ1) is 18.0. The minimum absolute atomic E-state index is 0.0548. The van der Waals surface area contributed by atoms with Gasteiger partial charge in [-0.1, -0.05) is 25.4 Å². The zero-order valence-electron chi connectivity index (χ0n) is 13.9. The minimum Gasteiger partial charge on any atom is -0.478 e. The third-order valence-corrected chi connectivity index (χ3v) is 3.76. The van der Waals surface area contributed by atoms with Gasteiger partial charge in [0.2, 0.25) is 0 Å². The molecule has 7 heteroatoms. The number of hydrogen-bond acceptors (Lipinski definition) is 3. The summed E-state index contributed by atoms with van der Waals surface area (Å²) in [6, 6.07) is 4.15. The van der Waals surface area contributed by atoms with Crippen LogP contribution in [-0.4, -0.2) is 38.2 Å². The first-order chi connectivity index (χ1) is 11.3. The van der Waals surface area contributed by atoms with Crippen LogP contribution < -0.4 is 0 Å². The molecule has 0 aliphatic carbocycles. The van der Waals surface area contributed by atoms with Gasteiger partial charge in [-0.2, -0.15) is 5.10 Å². The normalized spacial score (nSPS) is 10.9. The lowest BCUT2D eigenvalue weighted by atomic mass is 10.1. The summed E-state index contributed by atoms with van der Waals surface area (Å²) < 4.78 is 1.68. The highest BCUT2D eigenvalue weighted by molar-refractivity contribution is 6.34. The molecule has 1 N–H and O–H groups in total. The van der Waals surface area contributed by atoms with Crippen molar-refractivity contribution in [2.75, 3.05) is 6.54 Å². The quantitative estimate of drug-likeness (QED) is 0.869. The number of amides is 1. The Hall–Kier alpha value is -2.34. The Morgan fingerprint density at radius 2 is 2.08 bits per heavy atom. The molecule has 0 atom stereocenters. The number of aromatic carboxylic acids is 1. The fraction of sp³-hybridized carbons (Fsp3) is 0.353. The topological polar surface area (TPSA) is 75.4 Å². The Bertz CT molecular complexity index is 755. The first-order valence-electron chi connectivity index (χ1n) is 7.57. The van der Waals surface area contributed by atoms with Gasteiger partial charge in [-0.25, -0.2) is 4.79 Å². The molecule has 1 aromatic heterocycles. The van der Waals surface area contributed by atoms with Crippen LogP contribution in [0.25, 0.3) is 0 Å². The number of carboxylic acids is 1. The summed E-state index contributed by atoms with van der Waals surface area (Å²) in [5.41, 5.74) is 1.27. The molecule has 0 aliphatic rings. The maximum Gasteiger partial charge on any atom is 0.335 e. The predicted molar refractivity (Wildman–Crippen MR) is 91.2 cm³/mol. The van der Waals surface area contributed by atoms with Gasteiger partial charge in [-0.3, -0.25) is 9.48 Å². The zero-order chi connectivity index (χ0) is 17.9. The molecule has 1 heterocycles. The summed E-state index contributed by atoms with van der Waals surface area (Å²) in [5.74, 6) is -1.03. The Morgan fingerprint density at radius 1 is 1.38 bits per heavy atom. The second kappa shape index (κ2) is 7.49. The van der Waals surface area contributed by atoms with Crippen LogP contribution in [0.5, 0.6) is 0 Å². The zero-order valence-corrected chi connectivity index (χ0v) is 14.6. The van der Waals surface area contributed by atoms with E-state index in [1.165, 1.54) is 18.2 Å². The molecule has 0 spiro atoms. The molecule has 1 amide bonds. The highest BCUT2D eigenvalue weighted by Gasteiger charge is 2.21. The predicted octanol–water partition coefficient (Wildman–Crippen LogP) is 3.07. The number of benzene rings is 1. The van der Waals surface area contributed by atoms with Gasteiger partial charge < -0.3 is 10.0 Å². The van der Waals surface area contributed by atoms with Gasteiger partial charge >= 0.3 is 5.97 Å². The van der Waals surface area contributed by atoms with Crippen molar-refractivity contribution in [2.24, 2.45) is 13.0 Å². The van der Waals surface area contributed by atoms with Crippen molar-refractivity contribution in [3.05, 3.63) is 52.3 Å². The van der Waals surface area contributed by atoms with Crippen molar-refractivity contribution < 1.29 is 14.7 Å². The van der Waals surface area contributed by atoms with Crippen molar-refractivity contribution in [1.29, 1.82) is 0 Å². The molecule has 2 aromatic rings. The van der Waals surface area contributed by atoms with Crippen molar-refractivity contribution >= 4 is 23.5 Å². The molecule has 0 aliphatic heterocycles. The molecule has 2 rings (SSSR count). The van der Waals surface area contributed by atoms with E-state index < -0.39 is 5.97 Å². The molecule has 0 saturated carbocycles. The van der Waals surface area contributed by atoms with Crippen molar-refractivity contribution in [3.63, 3.8) is 0 Å². The van der Waals surface area contributed by atoms with E-state index in [-0.39, 0.29) is 22.4 Å². The van der Waals surface area contributed by atoms with Crippen LogP contribution in [0.4, 0.5) is 0 Å². The third-order valence-electron chi connectivity index (χ3n) is 3.45. The lowest BCUT2D eigenvalue weighted by Gasteiger charge is -2.24. The molecule has 0 unspecified atom stereocenters. The van der Waals surface area contributed by atoms with Crippen LogP contribution in [0, 0.1) is 5.92 Å². The van der Waals surface area contributed by atoms with Gasteiger partial charge in [0.1, 0.15) is 0 Å². The number of hydrogen-bond donors (Lipinski definition) is 1.